The van der Waals surface area contributed by atoms with E-state index in [0.29, 0.717) is 0 Å². The average Bonchev–Trinajstić information content (AvgIpc) is 2.70. The number of carbonyl (C=O) groups excluding carboxylic acids is 1. The second-order valence-corrected chi connectivity index (χ2v) is 7.95. The summed E-state index contributed by atoms with van der Waals surface area (Å²) in [6, 6.07) is 7.79. The maximum absolute atomic E-state index is 12.6. The summed E-state index contributed by atoms with van der Waals surface area (Å²) < 4.78 is 90.6. The Labute approximate surface area is 168 Å². The molecule has 0 saturated heterocycles. The van der Waals surface area contributed by atoms with Crippen molar-refractivity contribution in [3.05, 3.63) is 59.7 Å². The van der Waals surface area contributed by atoms with Gasteiger partial charge in [0.1, 0.15) is 18.5 Å². The maximum Gasteiger partial charge on any atom is 0.416 e. The Balaban J connectivity index is 1.88. The molecule has 0 aliphatic rings. The van der Waals surface area contributed by atoms with E-state index in [2.05, 4.69) is 5.32 Å². The van der Waals surface area contributed by atoms with Crippen LogP contribution in [0.2, 0.25) is 0 Å². The van der Waals surface area contributed by atoms with E-state index < -0.39 is 50.8 Å². The number of hydrogen-bond acceptors (Lipinski definition) is 5. The summed E-state index contributed by atoms with van der Waals surface area (Å²) in [4.78, 5) is 11.3. The lowest BCUT2D eigenvalue weighted by molar-refractivity contribution is -0.137. The van der Waals surface area contributed by atoms with Crippen LogP contribution in [0.5, 0.6) is 5.75 Å². The van der Waals surface area contributed by atoms with Gasteiger partial charge in [-0.3, -0.25) is 4.79 Å². The molecule has 0 bridgehead atoms. The van der Waals surface area contributed by atoms with Gasteiger partial charge in [0.15, 0.2) is 0 Å². The number of alkyl halides is 5. The van der Waals surface area contributed by atoms with Crippen LogP contribution in [0.15, 0.2) is 53.4 Å². The number of ether oxygens (including phenoxy) is 1. The van der Waals surface area contributed by atoms with E-state index in [-0.39, 0.29) is 17.9 Å². The number of halogens is 5. The second kappa shape index (κ2) is 9.39. The highest BCUT2D eigenvalue weighted by molar-refractivity contribution is 7.91. The van der Waals surface area contributed by atoms with Gasteiger partial charge < -0.3 is 15.2 Å². The van der Waals surface area contributed by atoms with Crippen LogP contribution in [-0.4, -0.2) is 44.4 Å². The van der Waals surface area contributed by atoms with Gasteiger partial charge in [-0.25, -0.2) is 8.42 Å². The topological polar surface area (TPSA) is 92.7 Å². The van der Waals surface area contributed by atoms with Crippen LogP contribution in [0.25, 0.3) is 0 Å². The van der Waals surface area contributed by atoms with Crippen molar-refractivity contribution in [2.45, 2.75) is 22.9 Å². The minimum Gasteiger partial charge on any atom is -0.491 e. The molecule has 0 radical (unpaired) electrons. The Kier molecular flexibility index (Phi) is 7.37. The number of rotatable bonds is 8. The number of carbonyl (C=O) groups is 1. The third-order valence-corrected chi connectivity index (χ3v) is 5.18. The van der Waals surface area contributed by atoms with E-state index in [9.17, 15) is 40.3 Å². The van der Waals surface area contributed by atoms with Gasteiger partial charge in [0, 0.05) is 12.1 Å². The molecule has 6 nitrogen and oxygen atoms in total. The number of aliphatic hydroxyl groups is 1. The van der Waals surface area contributed by atoms with Crippen LogP contribution in [0.4, 0.5) is 22.0 Å². The molecule has 12 heteroatoms. The molecule has 0 aromatic heterocycles. The van der Waals surface area contributed by atoms with Gasteiger partial charge in [-0.05, 0) is 42.5 Å². The molecule has 0 aliphatic carbocycles. The minimum atomic E-state index is -4.78. The molecular weight excluding hydrogens is 437 g/mol. The minimum absolute atomic E-state index is 0.0470. The molecule has 1 unspecified atom stereocenters. The van der Waals surface area contributed by atoms with Crippen molar-refractivity contribution in [1.82, 2.24) is 5.32 Å². The third kappa shape index (κ3) is 6.13. The quantitative estimate of drug-likeness (QED) is 0.600. The zero-order valence-electron chi connectivity index (χ0n) is 15.1. The number of sulfone groups is 1. The molecule has 30 heavy (non-hydrogen) atoms. The first-order valence-corrected chi connectivity index (χ1v) is 9.84. The van der Waals surface area contributed by atoms with Crippen LogP contribution in [0.3, 0.4) is 0 Å². The van der Waals surface area contributed by atoms with Crippen molar-refractivity contribution < 1.29 is 45.0 Å². The van der Waals surface area contributed by atoms with E-state index in [0.717, 1.165) is 42.5 Å². The molecule has 0 aliphatic heterocycles. The number of aliphatic hydroxyl groups excluding tert-OH is 1. The molecule has 0 saturated carbocycles. The van der Waals surface area contributed by atoms with Crippen LogP contribution < -0.4 is 10.1 Å². The van der Waals surface area contributed by atoms with Crippen LogP contribution in [0.1, 0.15) is 15.9 Å². The predicted octanol–water partition coefficient (Wildman–Crippen LogP) is 2.87. The Morgan fingerprint density at radius 2 is 1.73 bits per heavy atom. The average molecular weight is 453 g/mol. The van der Waals surface area contributed by atoms with E-state index in [1.165, 1.54) is 6.07 Å². The summed E-state index contributed by atoms with van der Waals surface area (Å²) >= 11 is 0. The molecule has 1 amide bonds. The molecule has 0 fully saturated rings. The van der Waals surface area contributed by atoms with Crippen molar-refractivity contribution in [3.8, 4) is 5.75 Å². The predicted molar refractivity (Wildman–Crippen MR) is 94.9 cm³/mol. The van der Waals surface area contributed by atoms with Gasteiger partial charge in [-0.15, -0.1) is 0 Å². The molecule has 2 aromatic carbocycles. The van der Waals surface area contributed by atoms with Crippen LogP contribution in [0, 0.1) is 0 Å². The van der Waals surface area contributed by atoms with Crippen LogP contribution in [-0.2, 0) is 16.0 Å². The Morgan fingerprint density at radius 3 is 2.30 bits per heavy atom. The summed E-state index contributed by atoms with van der Waals surface area (Å²) in [5.74, 6) is -4.44. The Morgan fingerprint density at radius 1 is 1.10 bits per heavy atom. The van der Waals surface area contributed by atoms with Gasteiger partial charge in [0.05, 0.1) is 10.5 Å². The van der Waals surface area contributed by atoms with Gasteiger partial charge in [-0.1, -0.05) is 6.07 Å². The number of hydrogen-bond donors (Lipinski definition) is 2. The highest BCUT2D eigenvalue weighted by Gasteiger charge is 2.30. The summed E-state index contributed by atoms with van der Waals surface area (Å²) in [6.45, 7) is -0.734. The van der Waals surface area contributed by atoms with E-state index in [1.54, 1.807) is 0 Å². The fourth-order valence-corrected chi connectivity index (χ4v) is 2.95. The maximum atomic E-state index is 12.6. The van der Waals surface area contributed by atoms with E-state index in [1.807, 2.05) is 0 Å². The lowest BCUT2D eigenvalue weighted by Gasteiger charge is -2.14. The monoisotopic (exact) mass is 453 g/mol. The van der Waals surface area contributed by atoms with Crippen molar-refractivity contribution in [2.75, 3.05) is 13.2 Å². The summed E-state index contributed by atoms with van der Waals surface area (Å²) in [7, 11) is -4.78. The molecular formula is C18H16F5NO5S. The van der Waals surface area contributed by atoms with Crippen molar-refractivity contribution in [1.29, 1.82) is 0 Å². The van der Waals surface area contributed by atoms with E-state index >= 15 is 0 Å². The number of benzene rings is 2. The smallest absolute Gasteiger partial charge is 0.416 e. The first-order chi connectivity index (χ1) is 13.9. The molecule has 0 heterocycles. The zero-order chi connectivity index (χ0) is 22.5. The highest BCUT2D eigenvalue weighted by Crippen LogP contribution is 2.31. The van der Waals surface area contributed by atoms with Gasteiger partial charge in [-0.2, -0.15) is 22.0 Å². The normalized spacial score (nSPS) is 13.2. The molecule has 0 spiro atoms. The number of amides is 1. The SMILES string of the molecule is O=C(NCC(O)COc1cccc(C(F)(F)F)c1)c1ccc(S(=O)(=O)C(F)F)cc1. The fourth-order valence-electron chi connectivity index (χ4n) is 2.22. The van der Waals surface area contributed by atoms with E-state index in [4.69, 9.17) is 4.74 Å². The van der Waals surface area contributed by atoms with Gasteiger partial charge >= 0.3 is 11.9 Å². The molecule has 2 rings (SSSR count). The van der Waals surface area contributed by atoms with Crippen molar-refractivity contribution in [2.24, 2.45) is 0 Å². The molecule has 2 N–H and O–H groups in total. The summed E-state index contributed by atoms with van der Waals surface area (Å²) in [6.07, 6.45) is -5.81. The van der Waals surface area contributed by atoms with Crippen molar-refractivity contribution in [3.63, 3.8) is 0 Å². The third-order valence-electron chi connectivity index (χ3n) is 3.78. The lowest BCUT2D eigenvalue weighted by atomic mass is 10.2. The molecule has 2 aromatic rings. The second-order valence-electron chi connectivity index (χ2n) is 6.03. The Hall–Kier alpha value is -2.73. The van der Waals surface area contributed by atoms with Crippen molar-refractivity contribution >= 4 is 15.7 Å². The standard InChI is InChI=1S/C18H16F5NO5S/c19-17(20)30(27,28)15-6-4-11(5-7-15)16(26)24-9-13(25)10-29-14-3-1-2-12(8-14)18(21,22)23/h1-8,13,17,25H,9-10H2,(H,24,26). The number of nitrogens with one attached hydrogen (secondary N) is 1. The summed E-state index contributed by atoms with van der Waals surface area (Å²) in [5.41, 5.74) is -0.964. The van der Waals surface area contributed by atoms with Gasteiger partial charge in [0.2, 0.25) is 9.84 Å². The lowest BCUT2D eigenvalue weighted by Crippen LogP contribution is -2.35. The van der Waals surface area contributed by atoms with Crippen LogP contribution >= 0.6 is 0 Å². The first-order valence-electron chi connectivity index (χ1n) is 8.29. The zero-order valence-corrected chi connectivity index (χ0v) is 15.9. The fraction of sp³-hybridized carbons (Fsp3) is 0.278. The largest absolute Gasteiger partial charge is 0.491 e. The van der Waals surface area contributed by atoms with Gasteiger partial charge in [0.25, 0.3) is 5.91 Å². The summed E-state index contributed by atoms with van der Waals surface area (Å²) in [5, 5.41) is 12.1. The molecule has 164 valence electrons. The first kappa shape index (κ1) is 23.5. The Bertz CT molecular complexity index is 977. The highest BCUT2D eigenvalue weighted by atomic mass is 32.2. The molecule has 1 atom stereocenters.